The fourth-order valence-corrected chi connectivity index (χ4v) is 2.25. The van der Waals surface area contributed by atoms with Crippen LogP contribution in [0.25, 0.3) is 0 Å². The number of aryl methyl sites for hydroxylation is 1. The van der Waals surface area contributed by atoms with E-state index in [1.54, 1.807) is 25.5 Å². The van der Waals surface area contributed by atoms with Crippen LogP contribution in [0.15, 0.2) is 35.5 Å². The lowest BCUT2D eigenvalue weighted by molar-refractivity contribution is 0.0902. The molecule has 6 nitrogen and oxygen atoms in total. The predicted molar refractivity (Wildman–Crippen MR) is 66.0 cm³/mol. The minimum absolute atomic E-state index is 0.0139. The molecule has 0 aliphatic carbocycles. The first-order valence-electron chi connectivity index (χ1n) is 5.97. The minimum Gasteiger partial charge on any atom is -0.295 e. The van der Waals surface area contributed by atoms with Crippen LogP contribution in [0.2, 0.25) is 0 Å². The van der Waals surface area contributed by atoms with Crippen LogP contribution in [-0.4, -0.2) is 37.6 Å². The maximum atomic E-state index is 11.8. The number of rotatable bonds is 3. The van der Waals surface area contributed by atoms with E-state index in [4.69, 9.17) is 0 Å². The first-order valence-corrected chi connectivity index (χ1v) is 5.97. The Balaban J connectivity index is 1.63. The second kappa shape index (κ2) is 4.38. The van der Waals surface area contributed by atoms with E-state index < -0.39 is 0 Å². The first kappa shape index (κ1) is 11.2. The van der Waals surface area contributed by atoms with Crippen molar-refractivity contribution in [2.24, 2.45) is 7.05 Å². The van der Waals surface area contributed by atoms with Gasteiger partial charge in [-0.3, -0.25) is 14.4 Å². The Morgan fingerprint density at radius 1 is 1.33 bits per heavy atom. The molecule has 0 unspecified atom stereocenters. The molecule has 0 aromatic carbocycles. The Kier molecular flexibility index (Phi) is 2.71. The molecular formula is C12H15N5O. The van der Waals surface area contributed by atoms with Gasteiger partial charge in [0.05, 0.1) is 6.04 Å². The Hall–Kier alpha value is -1.95. The van der Waals surface area contributed by atoms with Gasteiger partial charge >= 0.3 is 0 Å². The van der Waals surface area contributed by atoms with Crippen molar-refractivity contribution in [2.45, 2.75) is 12.6 Å². The van der Waals surface area contributed by atoms with Crippen molar-refractivity contribution in [1.29, 1.82) is 0 Å². The van der Waals surface area contributed by atoms with Gasteiger partial charge in [-0.05, 0) is 12.1 Å². The zero-order valence-corrected chi connectivity index (χ0v) is 10.2. The van der Waals surface area contributed by atoms with Crippen molar-refractivity contribution >= 4 is 0 Å². The van der Waals surface area contributed by atoms with Crippen molar-refractivity contribution in [3.05, 3.63) is 46.6 Å². The highest BCUT2D eigenvalue weighted by Crippen LogP contribution is 2.21. The molecule has 0 saturated carbocycles. The van der Waals surface area contributed by atoms with E-state index in [1.807, 2.05) is 16.9 Å². The number of hydrogen-bond acceptors (Lipinski definition) is 4. The summed E-state index contributed by atoms with van der Waals surface area (Å²) in [5.41, 5.74) is 0.784. The average molecular weight is 245 g/mol. The quantitative estimate of drug-likeness (QED) is 0.766. The monoisotopic (exact) mass is 245 g/mol. The Bertz CT molecular complexity index is 583. The molecule has 0 atom stereocenters. The van der Waals surface area contributed by atoms with Crippen LogP contribution in [0.3, 0.4) is 0 Å². The van der Waals surface area contributed by atoms with Crippen molar-refractivity contribution < 1.29 is 0 Å². The molecule has 2 aromatic rings. The fraction of sp³-hybridized carbons (Fsp3) is 0.417. The van der Waals surface area contributed by atoms with Gasteiger partial charge in [0, 0.05) is 50.8 Å². The smallest absolute Gasteiger partial charge is 0.270 e. The largest absolute Gasteiger partial charge is 0.295 e. The lowest BCUT2D eigenvalue weighted by atomic mass is 10.1. The highest BCUT2D eigenvalue weighted by Gasteiger charge is 2.28. The van der Waals surface area contributed by atoms with Gasteiger partial charge in [0.25, 0.3) is 5.56 Å². The van der Waals surface area contributed by atoms with Crippen molar-refractivity contribution in [2.75, 3.05) is 13.1 Å². The molecule has 94 valence electrons. The summed E-state index contributed by atoms with van der Waals surface area (Å²) in [4.78, 5) is 14.0. The molecule has 0 bridgehead atoms. The topological polar surface area (TPSA) is 56.0 Å². The standard InChI is InChI=1S/C12H15N5O/c1-15-12(18)10(3-5-13-15)7-16-8-11(9-16)17-6-2-4-14-17/h2-6,11H,7-9H2,1H3. The zero-order valence-electron chi connectivity index (χ0n) is 10.2. The third-order valence-electron chi connectivity index (χ3n) is 3.32. The Morgan fingerprint density at radius 2 is 2.17 bits per heavy atom. The van der Waals surface area contributed by atoms with E-state index in [1.165, 1.54) is 4.68 Å². The van der Waals surface area contributed by atoms with Crippen LogP contribution >= 0.6 is 0 Å². The van der Waals surface area contributed by atoms with Crippen LogP contribution in [-0.2, 0) is 13.6 Å². The molecule has 3 rings (SSSR count). The van der Waals surface area contributed by atoms with Gasteiger partial charge in [0.2, 0.25) is 0 Å². The normalized spacial score (nSPS) is 16.7. The highest BCUT2D eigenvalue weighted by molar-refractivity contribution is 5.07. The summed E-state index contributed by atoms with van der Waals surface area (Å²) in [6.45, 7) is 2.56. The molecule has 3 heterocycles. The van der Waals surface area contributed by atoms with E-state index in [9.17, 15) is 4.79 Å². The Morgan fingerprint density at radius 3 is 2.89 bits per heavy atom. The molecule has 0 radical (unpaired) electrons. The van der Waals surface area contributed by atoms with E-state index in [-0.39, 0.29) is 5.56 Å². The number of hydrogen-bond donors (Lipinski definition) is 0. The number of likely N-dealkylation sites (tertiary alicyclic amines) is 1. The van der Waals surface area contributed by atoms with Gasteiger partial charge < -0.3 is 0 Å². The molecule has 0 N–H and O–H groups in total. The van der Waals surface area contributed by atoms with E-state index in [0.717, 1.165) is 18.7 Å². The molecule has 0 amide bonds. The summed E-state index contributed by atoms with van der Waals surface area (Å²) in [5.74, 6) is 0. The molecule has 1 aliphatic heterocycles. The predicted octanol–water partition coefficient (Wildman–Crippen LogP) is 0.0337. The molecule has 0 spiro atoms. The van der Waals surface area contributed by atoms with E-state index in [0.29, 0.717) is 12.6 Å². The Labute approximate surface area is 104 Å². The van der Waals surface area contributed by atoms with Gasteiger partial charge in [0.1, 0.15) is 0 Å². The third kappa shape index (κ3) is 1.95. The van der Waals surface area contributed by atoms with E-state index in [2.05, 4.69) is 15.1 Å². The van der Waals surface area contributed by atoms with Crippen molar-refractivity contribution in [3.63, 3.8) is 0 Å². The first-order chi connectivity index (χ1) is 8.74. The van der Waals surface area contributed by atoms with Crippen LogP contribution < -0.4 is 5.56 Å². The molecule has 1 aliphatic rings. The van der Waals surface area contributed by atoms with Gasteiger partial charge in [0.15, 0.2) is 0 Å². The fourth-order valence-electron chi connectivity index (χ4n) is 2.25. The van der Waals surface area contributed by atoms with Crippen LogP contribution in [0.5, 0.6) is 0 Å². The summed E-state index contributed by atoms with van der Waals surface area (Å²) < 4.78 is 3.35. The molecule has 2 aromatic heterocycles. The third-order valence-corrected chi connectivity index (χ3v) is 3.32. The summed E-state index contributed by atoms with van der Waals surface area (Å²) in [7, 11) is 1.68. The summed E-state index contributed by atoms with van der Waals surface area (Å²) in [6, 6.07) is 4.16. The summed E-state index contributed by atoms with van der Waals surface area (Å²) in [5, 5.41) is 8.14. The lowest BCUT2D eigenvalue weighted by Gasteiger charge is -2.39. The SMILES string of the molecule is Cn1nccc(CN2CC(n3cccn3)C2)c1=O. The zero-order chi connectivity index (χ0) is 12.5. The molecule has 1 saturated heterocycles. The second-order valence-electron chi connectivity index (χ2n) is 4.62. The average Bonchev–Trinajstić information content (AvgIpc) is 2.81. The second-order valence-corrected chi connectivity index (χ2v) is 4.62. The summed E-state index contributed by atoms with van der Waals surface area (Å²) >= 11 is 0. The number of nitrogens with zero attached hydrogens (tertiary/aromatic N) is 5. The molecule has 1 fully saturated rings. The van der Waals surface area contributed by atoms with Crippen molar-refractivity contribution in [1.82, 2.24) is 24.5 Å². The van der Waals surface area contributed by atoms with Gasteiger partial charge in [-0.2, -0.15) is 10.2 Å². The van der Waals surface area contributed by atoms with Crippen LogP contribution in [0.4, 0.5) is 0 Å². The summed E-state index contributed by atoms with van der Waals surface area (Å²) in [6.07, 6.45) is 5.44. The molecule has 6 heteroatoms. The number of aromatic nitrogens is 4. The van der Waals surface area contributed by atoms with Crippen LogP contribution in [0.1, 0.15) is 11.6 Å². The highest BCUT2D eigenvalue weighted by atomic mass is 16.1. The minimum atomic E-state index is -0.0139. The van der Waals surface area contributed by atoms with Crippen LogP contribution in [0, 0.1) is 0 Å². The molecule has 18 heavy (non-hydrogen) atoms. The molecular weight excluding hydrogens is 230 g/mol. The van der Waals surface area contributed by atoms with Gasteiger partial charge in [-0.15, -0.1) is 0 Å². The van der Waals surface area contributed by atoms with Crippen molar-refractivity contribution in [3.8, 4) is 0 Å². The van der Waals surface area contributed by atoms with Gasteiger partial charge in [-0.1, -0.05) is 0 Å². The van der Waals surface area contributed by atoms with Gasteiger partial charge in [-0.25, -0.2) is 4.68 Å². The van der Waals surface area contributed by atoms with E-state index >= 15 is 0 Å². The maximum Gasteiger partial charge on any atom is 0.270 e. The maximum absolute atomic E-state index is 11.8. The lowest BCUT2D eigenvalue weighted by Crippen LogP contribution is -2.48.